The smallest absolute Gasteiger partial charge is 0.224 e. The second-order valence-electron chi connectivity index (χ2n) is 6.45. The Morgan fingerprint density at radius 1 is 1.00 bits per heavy atom. The van der Waals surface area contributed by atoms with Gasteiger partial charge in [0.1, 0.15) is 13.2 Å². The van der Waals surface area contributed by atoms with Gasteiger partial charge in [0.15, 0.2) is 11.5 Å². The van der Waals surface area contributed by atoms with Crippen LogP contribution in [0.25, 0.3) is 0 Å². The molecule has 2 aromatic rings. The highest BCUT2D eigenvalue weighted by Crippen LogP contribution is 2.32. The van der Waals surface area contributed by atoms with E-state index in [0.717, 1.165) is 16.9 Å². The van der Waals surface area contributed by atoms with E-state index < -0.39 is 0 Å². The first-order valence-corrected chi connectivity index (χ1v) is 9.11. The molecule has 2 amide bonds. The van der Waals surface area contributed by atoms with Crippen molar-refractivity contribution in [2.24, 2.45) is 0 Å². The van der Waals surface area contributed by atoms with Gasteiger partial charge in [0.2, 0.25) is 11.8 Å². The highest BCUT2D eigenvalue weighted by molar-refractivity contribution is 5.80. The fraction of sp³-hybridized carbons (Fsp3) is 0.333. The third-order valence-electron chi connectivity index (χ3n) is 4.33. The number of ether oxygens (including phenoxy) is 2. The maximum Gasteiger partial charge on any atom is 0.224 e. The summed E-state index contributed by atoms with van der Waals surface area (Å²) in [5.74, 6) is 1.23. The Labute approximate surface area is 158 Å². The van der Waals surface area contributed by atoms with Gasteiger partial charge in [-0.25, -0.2) is 0 Å². The fourth-order valence-corrected chi connectivity index (χ4v) is 2.89. The summed E-state index contributed by atoms with van der Waals surface area (Å²) >= 11 is 0. The van der Waals surface area contributed by atoms with Crippen molar-refractivity contribution in [3.8, 4) is 11.5 Å². The van der Waals surface area contributed by atoms with E-state index in [1.54, 1.807) is 0 Å². The molecule has 0 radical (unpaired) electrons. The monoisotopic (exact) mass is 368 g/mol. The Morgan fingerprint density at radius 2 is 1.74 bits per heavy atom. The lowest BCUT2D eigenvalue weighted by molar-refractivity contribution is -0.122. The molecule has 6 heteroatoms. The Morgan fingerprint density at radius 3 is 2.52 bits per heavy atom. The number of nitrogens with one attached hydrogen (secondary N) is 2. The van der Waals surface area contributed by atoms with Crippen molar-refractivity contribution in [2.75, 3.05) is 19.8 Å². The van der Waals surface area contributed by atoms with Gasteiger partial charge in [-0.2, -0.15) is 0 Å². The van der Waals surface area contributed by atoms with Crippen LogP contribution in [0.5, 0.6) is 11.5 Å². The molecule has 0 saturated heterocycles. The molecule has 0 aromatic heterocycles. The summed E-state index contributed by atoms with van der Waals surface area (Å²) in [4.78, 5) is 24.0. The van der Waals surface area contributed by atoms with Crippen molar-refractivity contribution in [3.05, 3.63) is 59.7 Å². The second-order valence-corrected chi connectivity index (χ2v) is 6.45. The van der Waals surface area contributed by atoms with E-state index in [-0.39, 0.29) is 24.3 Å². The van der Waals surface area contributed by atoms with Gasteiger partial charge in [0.05, 0.1) is 12.5 Å². The molecule has 3 rings (SSSR count). The zero-order valence-electron chi connectivity index (χ0n) is 15.4. The van der Waals surface area contributed by atoms with Gasteiger partial charge < -0.3 is 20.1 Å². The van der Waals surface area contributed by atoms with Gasteiger partial charge >= 0.3 is 0 Å². The van der Waals surface area contributed by atoms with Crippen LogP contribution in [0.1, 0.15) is 30.5 Å². The summed E-state index contributed by atoms with van der Waals surface area (Å²) in [6, 6.07) is 15.0. The molecule has 1 aliphatic heterocycles. The van der Waals surface area contributed by atoms with Crippen molar-refractivity contribution < 1.29 is 19.1 Å². The molecule has 0 spiro atoms. The number of amides is 2. The van der Waals surface area contributed by atoms with Gasteiger partial charge in [0.25, 0.3) is 0 Å². The molecule has 1 unspecified atom stereocenters. The Bertz CT molecular complexity index is 792. The van der Waals surface area contributed by atoms with Crippen LogP contribution in [-0.2, 0) is 16.0 Å². The number of carbonyl (C=O) groups is 2. The lowest BCUT2D eigenvalue weighted by Crippen LogP contribution is -2.32. The average Bonchev–Trinajstić information content (AvgIpc) is 2.68. The predicted molar refractivity (Wildman–Crippen MR) is 102 cm³/mol. The third-order valence-corrected chi connectivity index (χ3v) is 4.33. The summed E-state index contributed by atoms with van der Waals surface area (Å²) < 4.78 is 11.1. The first-order valence-electron chi connectivity index (χ1n) is 9.11. The molecule has 2 N–H and O–H groups in total. The van der Waals surface area contributed by atoms with Crippen molar-refractivity contribution >= 4 is 11.8 Å². The van der Waals surface area contributed by atoms with E-state index in [9.17, 15) is 9.59 Å². The summed E-state index contributed by atoms with van der Waals surface area (Å²) in [5, 5.41) is 5.72. The molecule has 2 aromatic carbocycles. The number of hydrogen-bond donors (Lipinski definition) is 2. The number of fused-ring (bicyclic) bond motifs is 1. The minimum absolute atomic E-state index is 0.0890. The maximum absolute atomic E-state index is 12.1. The molecular formula is C21H24N2O4. The fourth-order valence-electron chi connectivity index (χ4n) is 2.89. The lowest BCUT2D eigenvalue weighted by Gasteiger charge is -2.21. The Hall–Kier alpha value is -3.02. The summed E-state index contributed by atoms with van der Waals surface area (Å²) in [7, 11) is 0. The quantitative estimate of drug-likeness (QED) is 0.787. The van der Waals surface area contributed by atoms with E-state index in [1.807, 2.05) is 55.5 Å². The van der Waals surface area contributed by atoms with Crippen LogP contribution in [-0.4, -0.2) is 31.6 Å². The highest BCUT2D eigenvalue weighted by Gasteiger charge is 2.16. The molecule has 1 heterocycles. The van der Waals surface area contributed by atoms with Crippen molar-refractivity contribution in [2.45, 2.75) is 25.8 Å². The van der Waals surface area contributed by atoms with Gasteiger partial charge in [-0.3, -0.25) is 9.59 Å². The van der Waals surface area contributed by atoms with Crippen molar-refractivity contribution in [1.29, 1.82) is 0 Å². The third kappa shape index (κ3) is 5.48. The largest absolute Gasteiger partial charge is 0.486 e. The van der Waals surface area contributed by atoms with Gasteiger partial charge in [-0.1, -0.05) is 36.4 Å². The summed E-state index contributed by atoms with van der Waals surface area (Å²) in [6.45, 7) is 3.30. The van der Waals surface area contributed by atoms with Gasteiger partial charge in [-0.15, -0.1) is 0 Å². The van der Waals surface area contributed by atoms with Crippen LogP contribution in [0.4, 0.5) is 0 Å². The molecule has 0 bridgehead atoms. The van der Waals surface area contributed by atoms with Crippen LogP contribution in [0, 0.1) is 0 Å². The maximum atomic E-state index is 12.1. The Balaban J connectivity index is 1.41. The molecule has 142 valence electrons. The number of rotatable bonds is 7. The van der Waals surface area contributed by atoms with Gasteiger partial charge in [0, 0.05) is 13.0 Å². The zero-order chi connectivity index (χ0) is 19.1. The SMILES string of the molecule is CC(NC(=O)CCNC(=O)Cc1ccccc1)c1ccc2c(c1)OCCO2. The van der Waals surface area contributed by atoms with Crippen LogP contribution in [0.15, 0.2) is 48.5 Å². The van der Waals surface area contributed by atoms with E-state index in [1.165, 1.54) is 0 Å². The summed E-state index contributed by atoms with van der Waals surface area (Å²) in [5.41, 5.74) is 1.90. The number of carbonyl (C=O) groups excluding carboxylic acids is 2. The van der Waals surface area contributed by atoms with E-state index >= 15 is 0 Å². The first kappa shape index (κ1) is 18.8. The highest BCUT2D eigenvalue weighted by atomic mass is 16.6. The van der Waals surface area contributed by atoms with Gasteiger partial charge in [-0.05, 0) is 30.2 Å². The van der Waals surface area contributed by atoms with Crippen LogP contribution >= 0.6 is 0 Å². The topological polar surface area (TPSA) is 76.7 Å². The first-order chi connectivity index (χ1) is 13.1. The molecule has 27 heavy (non-hydrogen) atoms. The molecule has 1 aliphatic rings. The van der Waals surface area contributed by atoms with E-state index in [0.29, 0.717) is 31.9 Å². The molecule has 1 atom stereocenters. The second kappa shape index (κ2) is 9.07. The summed E-state index contributed by atoms with van der Waals surface area (Å²) in [6.07, 6.45) is 0.547. The van der Waals surface area contributed by atoms with Crippen molar-refractivity contribution in [1.82, 2.24) is 10.6 Å². The molecule has 6 nitrogen and oxygen atoms in total. The van der Waals surface area contributed by atoms with Crippen LogP contribution < -0.4 is 20.1 Å². The average molecular weight is 368 g/mol. The molecule has 0 aliphatic carbocycles. The zero-order valence-corrected chi connectivity index (χ0v) is 15.4. The van der Waals surface area contributed by atoms with E-state index in [4.69, 9.17) is 9.47 Å². The minimum atomic E-state index is -0.159. The lowest BCUT2D eigenvalue weighted by atomic mass is 10.1. The van der Waals surface area contributed by atoms with Crippen molar-refractivity contribution in [3.63, 3.8) is 0 Å². The normalized spacial score (nSPS) is 13.5. The Kier molecular flexibility index (Phi) is 6.30. The predicted octanol–water partition coefficient (Wildman–Crippen LogP) is 2.38. The number of benzene rings is 2. The molecule has 0 saturated carbocycles. The number of hydrogen-bond acceptors (Lipinski definition) is 4. The molecular weight excluding hydrogens is 344 g/mol. The van der Waals surface area contributed by atoms with E-state index in [2.05, 4.69) is 10.6 Å². The van der Waals surface area contributed by atoms with Crippen LogP contribution in [0.2, 0.25) is 0 Å². The van der Waals surface area contributed by atoms with Crippen LogP contribution in [0.3, 0.4) is 0 Å². The molecule has 0 fully saturated rings. The minimum Gasteiger partial charge on any atom is -0.486 e. The standard InChI is InChI=1S/C21H24N2O4/c1-15(17-7-8-18-19(14-17)27-12-11-26-18)23-20(24)9-10-22-21(25)13-16-5-3-2-4-6-16/h2-8,14-15H,9-13H2,1H3,(H,22,25)(H,23,24).